The topological polar surface area (TPSA) is 56.1 Å². The lowest BCUT2D eigenvalue weighted by molar-refractivity contribution is 0.0966. The van der Waals surface area contributed by atoms with Gasteiger partial charge in [-0.25, -0.2) is 0 Å². The second-order valence-corrected chi connectivity index (χ2v) is 12.0. The second kappa shape index (κ2) is 10.9. The lowest BCUT2D eigenvalue weighted by Gasteiger charge is -2.29. The number of Topliss-reactive ketones (excluding diaryl/α,β-unsaturated/α-hetero) is 1. The van der Waals surface area contributed by atoms with Crippen molar-refractivity contribution in [2.75, 3.05) is 26.7 Å². The Kier molecular flexibility index (Phi) is 9.19. The summed E-state index contributed by atoms with van der Waals surface area (Å²) in [5, 5.41) is 11.0. The molecule has 33 heavy (non-hydrogen) atoms. The van der Waals surface area contributed by atoms with Crippen molar-refractivity contribution in [2.24, 2.45) is 9.94 Å². The van der Waals surface area contributed by atoms with Gasteiger partial charge in [-0.3, -0.25) is 9.69 Å². The summed E-state index contributed by atoms with van der Waals surface area (Å²) in [7, 11) is 2.16. The van der Waals surface area contributed by atoms with Crippen molar-refractivity contribution in [3.05, 3.63) is 28.8 Å². The van der Waals surface area contributed by atoms with Crippen LogP contribution in [0.2, 0.25) is 0 Å². The van der Waals surface area contributed by atoms with Crippen LogP contribution in [0.15, 0.2) is 16.2 Å². The van der Waals surface area contributed by atoms with Gasteiger partial charge in [-0.05, 0) is 42.3 Å². The molecule has 1 N–H and O–H groups in total. The highest BCUT2D eigenvalue weighted by atomic mass is 79.9. The number of likely N-dealkylation sites (N-methyl/N-ethyl adjacent to an activating group) is 1. The molecule has 0 saturated carbocycles. The number of phenolic OH excluding ortho intramolecular Hbond substituents is 1. The fourth-order valence-electron chi connectivity index (χ4n) is 4.70. The van der Waals surface area contributed by atoms with Crippen LogP contribution in [0.5, 0.6) is 5.75 Å². The quantitative estimate of drug-likeness (QED) is 0.406. The predicted octanol–water partition coefficient (Wildman–Crippen LogP) is 6.32. The number of hydrogen-bond acceptors (Lipinski definition) is 4. The Morgan fingerprint density at radius 3 is 2.09 bits per heavy atom. The number of amidine groups is 1. The Bertz CT molecular complexity index is 828. The zero-order valence-electron chi connectivity index (χ0n) is 22.1. The fourth-order valence-corrected chi connectivity index (χ4v) is 5.17. The number of carbonyl (C=O) groups is 1. The molecule has 0 aliphatic carbocycles. The molecule has 1 fully saturated rings. The van der Waals surface area contributed by atoms with Gasteiger partial charge in [0.15, 0.2) is 5.78 Å². The minimum Gasteiger partial charge on any atom is -0.507 e. The van der Waals surface area contributed by atoms with Crippen LogP contribution in [0.1, 0.15) is 96.1 Å². The van der Waals surface area contributed by atoms with Crippen molar-refractivity contribution >= 4 is 27.8 Å². The van der Waals surface area contributed by atoms with Crippen molar-refractivity contribution in [3.8, 4) is 5.75 Å². The number of carbonyl (C=O) groups excluding carboxylic acids is 1. The maximum atomic E-state index is 13.5. The number of halogens is 1. The van der Waals surface area contributed by atoms with E-state index in [1.54, 1.807) is 0 Å². The Morgan fingerprint density at radius 2 is 1.67 bits per heavy atom. The van der Waals surface area contributed by atoms with Crippen LogP contribution >= 0.6 is 16.1 Å². The fraction of sp³-hybridized carbons (Fsp3) is 0.704. The summed E-state index contributed by atoms with van der Waals surface area (Å²) >= 11 is 3.33. The van der Waals surface area contributed by atoms with Crippen molar-refractivity contribution in [2.45, 2.75) is 91.5 Å². The summed E-state index contributed by atoms with van der Waals surface area (Å²) in [5.74, 6) is 1.97. The molecule has 1 heterocycles. The van der Waals surface area contributed by atoms with Crippen LogP contribution in [-0.4, -0.2) is 59.2 Å². The van der Waals surface area contributed by atoms with Gasteiger partial charge in [0.2, 0.25) is 0 Å². The van der Waals surface area contributed by atoms with E-state index in [1.165, 1.54) is 12.8 Å². The molecular formula is C27H44BrN3O2. The summed E-state index contributed by atoms with van der Waals surface area (Å²) in [4.78, 5) is 18.0. The molecule has 1 atom stereocenters. The number of benzene rings is 1. The number of ketones is 1. The molecule has 186 valence electrons. The predicted molar refractivity (Wildman–Crippen MR) is 143 cm³/mol. The molecule has 1 saturated heterocycles. The van der Waals surface area contributed by atoms with E-state index in [0.29, 0.717) is 17.2 Å². The van der Waals surface area contributed by atoms with Gasteiger partial charge in [0, 0.05) is 29.8 Å². The number of nitrogens with zero attached hydrogens (tertiary/aromatic N) is 3. The summed E-state index contributed by atoms with van der Waals surface area (Å²) in [6.45, 7) is 19.0. The molecule has 6 heteroatoms. The smallest absolute Gasteiger partial charge is 0.182 e. The van der Waals surface area contributed by atoms with Crippen LogP contribution in [-0.2, 0) is 10.8 Å². The summed E-state index contributed by atoms with van der Waals surface area (Å²) in [6, 6.07) is 3.97. The van der Waals surface area contributed by atoms with Crippen LogP contribution in [0.25, 0.3) is 0 Å². The van der Waals surface area contributed by atoms with E-state index in [-0.39, 0.29) is 29.2 Å². The van der Waals surface area contributed by atoms with Crippen molar-refractivity contribution in [1.82, 2.24) is 9.80 Å². The largest absolute Gasteiger partial charge is 0.507 e. The minimum atomic E-state index is -0.264. The Hall–Kier alpha value is -1.40. The minimum absolute atomic E-state index is 0.0583. The van der Waals surface area contributed by atoms with Crippen LogP contribution in [0.4, 0.5) is 0 Å². The first-order valence-corrected chi connectivity index (χ1v) is 13.0. The van der Waals surface area contributed by atoms with Crippen LogP contribution < -0.4 is 0 Å². The third kappa shape index (κ3) is 6.60. The highest BCUT2D eigenvalue weighted by Crippen LogP contribution is 2.40. The molecule has 2 rings (SSSR count). The number of aromatic hydroxyl groups is 1. The molecule has 0 radical (unpaired) electrons. The SMILES string of the molecule is CCC(CC)CN(C)C1CCN(CC(=O)c2cc(C(C)(C)C)c(O)c(C(C)(C)C)c2)C1=NBr. The number of phenols is 1. The normalized spacial score (nSPS) is 18.7. The molecule has 1 aromatic carbocycles. The number of rotatable bonds is 8. The van der Waals surface area contributed by atoms with E-state index in [0.717, 1.165) is 36.5 Å². The Labute approximate surface area is 210 Å². The standard InChI is InChI=1S/C27H44BrN3O2/c1-10-18(11-2)16-30(9)22-12-13-31(25(22)29-28)17-23(32)19-14-20(26(3,4)5)24(33)21(15-19)27(6,7)8/h14-15,18,22,33H,10-13,16-17H2,1-9H3. The summed E-state index contributed by atoms with van der Waals surface area (Å²) < 4.78 is 4.43. The van der Waals surface area contributed by atoms with Crippen LogP contribution in [0, 0.1) is 5.92 Å². The second-order valence-electron chi connectivity index (χ2n) is 11.6. The average molecular weight is 523 g/mol. The maximum Gasteiger partial charge on any atom is 0.182 e. The highest BCUT2D eigenvalue weighted by molar-refractivity contribution is 9.08. The van der Waals surface area contributed by atoms with E-state index >= 15 is 0 Å². The van der Waals surface area contributed by atoms with Gasteiger partial charge in [0.05, 0.1) is 28.7 Å². The molecule has 1 aliphatic rings. The Balaban J connectivity index is 2.29. The molecule has 0 spiro atoms. The zero-order valence-corrected chi connectivity index (χ0v) is 23.7. The lowest BCUT2D eigenvalue weighted by Crippen LogP contribution is -2.42. The lowest BCUT2D eigenvalue weighted by atomic mass is 9.78. The third-order valence-corrected chi connectivity index (χ3v) is 7.36. The van der Waals surface area contributed by atoms with Gasteiger partial charge in [0.25, 0.3) is 0 Å². The number of likely N-dealkylation sites (tertiary alicyclic amines) is 1. The molecule has 0 amide bonds. The zero-order chi connectivity index (χ0) is 25.1. The number of hydrogen-bond donors (Lipinski definition) is 1. The van der Waals surface area contributed by atoms with E-state index in [2.05, 4.69) is 92.4 Å². The van der Waals surface area contributed by atoms with Gasteiger partial charge in [0.1, 0.15) is 11.6 Å². The van der Waals surface area contributed by atoms with E-state index in [4.69, 9.17) is 0 Å². The first-order valence-electron chi connectivity index (χ1n) is 12.3. The Morgan fingerprint density at radius 1 is 1.15 bits per heavy atom. The van der Waals surface area contributed by atoms with Crippen LogP contribution in [0.3, 0.4) is 0 Å². The van der Waals surface area contributed by atoms with Gasteiger partial charge in [-0.2, -0.15) is 4.02 Å². The van der Waals surface area contributed by atoms with E-state index < -0.39 is 0 Å². The first-order chi connectivity index (χ1) is 15.2. The first kappa shape index (κ1) is 27.8. The van der Waals surface area contributed by atoms with Gasteiger partial charge >= 0.3 is 0 Å². The molecule has 0 aromatic heterocycles. The van der Waals surface area contributed by atoms with Crippen molar-refractivity contribution < 1.29 is 9.90 Å². The van der Waals surface area contributed by atoms with Gasteiger partial charge in [-0.1, -0.05) is 68.2 Å². The van der Waals surface area contributed by atoms with Crippen molar-refractivity contribution in [3.63, 3.8) is 0 Å². The molecule has 1 unspecified atom stereocenters. The van der Waals surface area contributed by atoms with E-state index in [9.17, 15) is 9.90 Å². The van der Waals surface area contributed by atoms with Gasteiger partial charge < -0.3 is 10.0 Å². The molecule has 1 aliphatic heterocycles. The van der Waals surface area contributed by atoms with Crippen molar-refractivity contribution in [1.29, 1.82) is 0 Å². The monoisotopic (exact) mass is 521 g/mol. The summed E-state index contributed by atoms with van der Waals surface area (Å²) in [6.07, 6.45) is 3.30. The average Bonchev–Trinajstić information content (AvgIpc) is 3.12. The van der Waals surface area contributed by atoms with Gasteiger partial charge in [-0.15, -0.1) is 0 Å². The molecule has 5 nitrogen and oxygen atoms in total. The molecular weight excluding hydrogens is 478 g/mol. The third-order valence-electron chi connectivity index (χ3n) is 7.00. The maximum absolute atomic E-state index is 13.5. The van der Waals surface area contributed by atoms with E-state index in [1.807, 2.05) is 12.1 Å². The molecule has 0 bridgehead atoms. The highest BCUT2D eigenvalue weighted by Gasteiger charge is 2.35. The molecule has 1 aromatic rings. The summed E-state index contributed by atoms with van der Waals surface area (Å²) in [5.41, 5.74) is 1.76.